The first kappa shape index (κ1) is 41.9. The molecule has 288 valence electrons. The standard InChI is InChI=1S/C42H48F4N2O5Si/c1-27(2)48-35(22-21-33(49)24-34(25-36(50)52-6)53-54(7,8)41(3,4)5)37(30-17-19-32(43)20-18-30)38(29-14-10-9-11-15-29)39(48)40(51)47-26-28-13-12-16-31(23-28)42(44,45)46/h9-23,27,34H,24-26H2,1-8H3,(H,47,51)/b22-21+/t34-/m0/s1. The predicted molar refractivity (Wildman–Crippen MR) is 206 cm³/mol. The van der Waals surface area contributed by atoms with Crippen LogP contribution >= 0.6 is 0 Å². The van der Waals surface area contributed by atoms with Crippen molar-refractivity contribution in [3.05, 3.63) is 113 Å². The van der Waals surface area contributed by atoms with Gasteiger partial charge in [-0.1, -0.05) is 75.4 Å². The number of alkyl halides is 3. The maximum atomic E-state index is 14.3. The molecule has 1 amide bonds. The third-order valence-corrected chi connectivity index (χ3v) is 14.2. The number of hydrogen-bond acceptors (Lipinski definition) is 5. The zero-order valence-corrected chi connectivity index (χ0v) is 32.9. The molecule has 1 aromatic heterocycles. The van der Waals surface area contributed by atoms with Gasteiger partial charge in [0, 0.05) is 30.1 Å². The highest BCUT2D eigenvalue weighted by molar-refractivity contribution is 6.74. The highest BCUT2D eigenvalue weighted by Crippen LogP contribution is 2.43. The molecule has 0 unspecified atom stereocenters. The van der Waals surface area contributed by atoms with E-state index in [1.54, 1.807) is 22.8 Å². The van der Waals surface area contributed by atoms with Crippen LogP contribution in [-0.4, -0.2) is 43.8 Å². The first-order valence-corrected chi connectivity index (χ1v) is 20.6. The SMILES string of the molecule is COC(=O)C[C@H](CC(=O)/C=C/c1c(-c2ccc(F)cc2)c(-c2ccccc2)c(C(=O)NCc2cccc(C(F)(F)F)c2)n1C(C)C)O[Si](C)(C)C(C)(C)C. The van der Waals surface area contributed by atoms with E-state index in [1.165, 1.54) is 37.5 Å². The van der Waals surface area contributed by atoms with Crippen molar-refractivity contribution in [1.82, 2.24) is 9.88 Å². The van der Waals surface area contributed by atoms with E-state index >= 15 is 0 Å². The Bertz CT molecular complexity index is 1980. The van der Waals surface area contributed by atoms with Crippen molar-refractivity contribution >= 4 is 32.1 Å². The molecule has 1 N–H and O–H groups in total. The molecule has 54 heavy (non-hydrogen) atoms. The molecular formula is C42H48F4N2O5Si. The smallest absolute Gasteiger partial charge is 0.416 e. The van der Waals surface area contributed by atoms with Crippen LogP contribution in [0.3, 0.4) is 0 Å². The lowest BCUT2D eigenvalue weighted by Crippen LogP contribution is -2.44. The van der Waals surface area contributed by atoms with Gasteiger partial charge in [0.2, 0.25) is 0 Å². The molecule has 1 atom stereocenters. The molecular weight excluding hydrogens is 717 g/mol. The summed E-state index contributed by atoms with van der Waals surface area (Å²) in [5, 5.41) is 2.63. The molecule has 0 aliphatic rings. The topological polar surface area (TPSA) is 86.6 Å². The first-order chi connectivity index (χ1) is 25.2. The minimum atomic E-state index is -4.55. The van der Waals surface area contributed by atoms with Crippen LogP contribution in [0.4, 0.5) is 17.6 Å². The monoisotopic (exact) mass is 764 g/mol. The number of nitrogens with one attached hydrogen (secondary N) is 1. The number of ketones is 1. The van der Waals surface area contributed by atoms with Crippen LogP contribution < -0.4 is 5.32 Å². The van der Waals surface area contributed by atoms with Gasteiger partial charge in [0.25, 0.3) is 5.91 Å². The third kappa shape index (κ3) is 10.2. The van der Waals surface area contributed by atoms with Crippen molar-refractivity contribution in [2.24, 2.45) is 0 Å². The molecule has 3 aromatic carbocycles. The predicted octanol–water partition coefficient (Wildman–Crippen LogP) is 10.4. The number of amides is 1. The normalized spacial score (nSPS) is 13.0. The van der Waals surface area contributed by atoms with E-state index in [4.69, 9.17) is 9.16 Å². The van der Waals surface area contributed by atoms with Gasteiger partial charge in [-0.15, -0.1) is 0 Å². The van der Waals surface area contributed by atoms with Gasteiger partial charge in [-0.05, 0) is 85.1 Å². The average molecular weight is 765 g/mol. The number of hydrogen-bond donors (Lipinski definition) is 1. The fourth-order valence-corrected chi connectivity index (χ4v) is 7.29. The van der Waals surface area contributed by atoms with Crippen molar-refractivity contribution in [3.63, 3.8) is 0 Å². The largest absolute Gasteiger partial charge is 0.469 e. The minimum absolute atomic E-state index is 0.109. The van der Waals surface area contributed by atoms with Crippen molar-refractivity contribution in [3.8, 4) is 22.3 Å². The Morgan fingerprint density at radius 2 is 1.50 bits per heavy atom. The Morgan fingerprint density at radius 1 is 0.870 bits per heavy atom. The Morgan fingerprint density at radius 3 is 2.07 bits per heavy atom. The van der Waals surface area contributed by atoms with E-state index in [0.717, 1.165) is 12.1 Å². The number of rotatable bonds is 14. The van der Waals surface area contributed by atoms with Gasteiger partial charge in [-0.3, -0.25) is 14.4 Å². The van der Waals surface area contributed by atoms with E-state index in [1.807, 2.05) is 57.3 Å². The molecule has 0 radical (unpaired) electrons. The van der Waals surface area contributed by atoms with Gasteiger partial charge in [0.1, 0.15) is 11.5 Å². The van der Waals surface area contributed by atoms with E-state index in [-0.39, 0.29) is 47.5 Å². The second kappa shape index (κ2) is 17.1. The Labute approximate surface area is 315 Å². The lowest BCUT2D eigenvalue weighted by molar-refractivity contribution is -0.142. The van der Waals surface area contributed by atoms with Crippen LogP contribution in [-0.2, 0) is 31.5 Å². The molecule has 12 heteroatoms. The minimum Gasteiger partial charge on any atom is -0.469 e. The van der Waals surface area contributed by atoms with Gasteiger partial charge in [0.05, 0.1) is 30.9 Å². The highest BCUT2D eigenvalue weighted by Gasteiger charge is 2.40. The quantitative estimate of drug-likeness (QED) is 0.0598. The average Bonchev–Trinajstić information content (AvgIpc) is 3.45. The van der Waals surface area contributed by atoms with Crippen LogP contribution in [0.5, 0.6) is 0 Å². The molecule has 0 aliphatic heterocycles. The number of ether oxygens (including phenoxy) is 1. The number of aromatic nitrogens is 1. The summed E-state index contributed by atoms with van der Waals surface area (Å²) in [5.74, 6) is -1.86. The molecule has 0 fully saturated rings. The van der Waals surface area contributed by atoms with E-state index < -0.39 is 43.9 Å². The lowest BCUT2D eigenvalue weighted by Gasteiger charge is -2.39. The number of benzene rings is 3. The number of carbonyl (C=O) groups excluding carboxylic acids is 3. The third-order valence-electron chi connectivity index (χ3n) is 9.62. The highest BCUT2D eigenvalue weighted by atomic mass is 28.4. The molecule has 4 rings (SSSR count). The summed E-state index contributed by atoms with van der Waals surface area (Å²) in [6.07, 6.45) is -2.51. The van der Waals surface area contributed by atoms with Crippen LogP contribution in [0.15, 0.2) is 84.9 Å². The number of esters is 1. The number of carbonyl (C=O) groups is 3. The fourth-order valence-electron chi connectivity index (χ4n) is 5.93. The van der Waals surface area contributed by atoms with Crippen molar-refractivity contribution in [1.29, 1.82) is 0 Å². The summed E-state index contributed by atoms with van der Waals surface area (Å²) >= 11 is 0. The maximum Gasteiger partial charge on any atom is 0.416 e. The summed E-state index contributed by atoms with van der Waals surface area (Å²) in [6.45, 7) is 13.8. The number of methoxy groups -OCH3 is 1. The second-order valence-corrected chi connectivity index (χ2v) is 19.7. The lowest BCUT2D eigenvalue weighted by atomic mass is 9.94. The first-order valence-electron chi connectivity index (χ1n) is 17.7. The summed E-state index contributed by atoms with van der Waals surface area (Å²) in [6, 6.07) is 19.3. The summed E-state index contributed by atoms with van der Waals surface area (Å²) in [7, 11) is -1.12. The van der Waals surface area contributed by atoms with Crippen molar-refractivity contribution in [2.75, 3.05) is 7.11 Å². The van der Waals surface area contributed by atoms with Gasteiger partial charge < -0.3 is 19.0 Å². The molecule has 0 spiro atoms. The molecule has 7 nitrogen and oxygen atoms in total. The molecule has 1 heterocycles. The Hall–Kier alpha value is -4.81. The van der Waals surface area contributed by atoms with Crippen LogP contribution in [0.25, 0.3) is 28.3 Å². The maximum absolute atomic E-state index is 14.3. The molecule has 0 saturated carbocycles. The van der Waals surface area contributed by atoms with E-state index in [9.17, 15) is 31.9 Å². The van der Waals surface area contributed by atoms with E-state index in [0.29, 0.717) is 27.9 Å². The zero-order valence-electron chi connectivity index (χ0n) is 31.9. The number of allylic oxidation sites excluding steroid dienone is 1. The molecule has 0 aliphatic carbocycles. The molecule has 4 aromatic rings. The van der Waals surface area contributed by atoms with Crippen LogP contribution in [0.1, 0.15) is 80.8 Å². The fraction of sp³-hybridized carbons (Fsp3) is 0.357. The summed E-state index contributed by atoms with van der Waals surface area (Å²) in [4.78, 5) is 40.4. The number of nitrogens with zero attached hydrogens (tertiary/aromatic N) is 1. The van der Waals surface area contributed by atoms with E-state index in [2.05, 4.69) is 26.1 Å². The summed E-state index contributed by atoms with van der Waals surface area (Å²) < 4.78 is 67.8. The summed E-state index contributed by atoms with van der Waals surface area (Å²) in [5.41, 5.74) is 2.38. The molecule has 0 saturated heterocycles. The van der Waals surface area contributed by atoms with Gasteiger partial charge in [-0.25, -0.2) is 4.39 Å². The van der Waals surface area contributed by atoms with Crippen molar-refractivity contribution < 1.29 is 41.1 Å². The van der Waals surface area contributed by atoms with Crippen LogP contribution in [0.2, 0.25) is 18.1 Å². The zero-order chi connectivity index (χ0) is 40.0. The van der Waals surface area contributed by atoms with Gasteiger partial charge in [0.15, 0.2) is 14.1 Å². The molecule has 0 bridgehead atoms. The van der Waals surface area contributed by atoms with Gasteiger partial charge in [-0.2, -0.15) is 13.2 Å². The Kier molecular flexibility index (Phi) is 13.3. The number of halogens is 4. The van der Waals surface area contributed by atoms with Gasteiger partial charge >= 0.3 is 12.1 Å². The van der Waals surface area contributed by atoms with Crippen molar-refractivity contribution in [2.45, 2.75) is 90.5 Å². The second-order valence-electron chi connectivity index (χ2n) is 15.0. The van der Waals surface area contributed by atoms with Crippen LogP contribution in [0, 0.1) is 5.82 Å². The Balaban J connectivity index is 1.87.